The van der Waals surface area contributed by atoms with Gasteiger partial charge in [-0.25, -0.2) is 9.37 Å². The average Bonchev–Trinajstić information content (AvgIpc) is 3.17. The second-order valence-electron chi connectivity index (χ2n) is 7.04. The fourth-order valence-electron chi connectivity index (χ4n) is 3.46. The normalized spacial score (nSPS) is 12.6. The van der Waals surface area contributed by atoms with Gasteiger partial charge in [-0.05, 0) is 48.9 Å². The standard InChI is InChI=1S/C21H19FN4O3/c1-25(12-19(27)23-15-7-5-14(22)6-8-15)20(28)13-4-9-16-17(11-13)24-18-3-2-10-26(18)21(16)29/h4-9,11H,2-3,10,12H2,1H3,(H,23,27). The van der Waals surface area contributed by atoms with Crippen LogP contribution < -0.4 is 10.9 Å². The first kappa shape index (κ1) is 18.8. The number of benzene rings is 2. The highest BCUT2D eigenvalue weighted by atomic mass is 19.1. The van der Waals surface area contributed by atoms with Crippen LogP contribution in [0.4, 0.5) is 10.1 Å². The van der Waals surface area contributed by atoms with E-state index in [-0.39, 0.29) is 18.0 Å². The first-order chi connectivity index (χ1) is 13.9. The summed E-state index contributed by atoms with van der Waals surface area (Å²) >= 11 is 0. The van der Waals surface area contributed by atoms with Crippen molar-refractivity contribution in [1.82, 2.24) is 14.5 Å². The van der Waals surface area contributed by atoms with Gasteiger partial charge in [0.25, 0.3) is 11.5 Å². The summed E-state index contributed by atoms with van der Waals surface area (Å²) in [6.07, 6.45) is 1.63. The molecule has 0 aliphatic carbocycles. The molecule has 3 aromatic rings. The number of amides is 2. The van der Waals surface area contributed by atoms with Crippen molar-refractivity contribution in [3.05, 3.63) is 70.0 Å². The molecule has 4 rings (SSSR count). The van der Waals surface area contributed by atoms with Gasteiger partial charge in [-0.15, -0.1) is 0 Å². The zero-order chi connectivity index (χ0) is 20.5. The Labute approximate surface area is 165 Å². The quantitative estimate of drug-likeness (QED) is 0.735. The van der Waals surface area contributed by atoms with Crippen LogP contribution in [0.2, 0.25) is 0 Å². The fourth-order valence-corrected chi connectivity index (χ4v) is 3.46. The van der Waals surface area contributed by atoms with Gasteiger partial charge in [0, 0.05) is 31.3 Å². The molecule has 1 aromatic heterocycles. The van der Waals surface area contributed by atoms with Crippen molar-refractivity contribution in [1.29, 1.82) is 0 Å². The van der Waals surface area contributed by atoms with Crippen LogP contribution in [0.25, 0.3) is 10.9 Å². The molecule has 29 heavy (non-hydrogen) atoms. The van der Waals surface area contributed by atoms with E-state index in [1.165, 1.54) is 36.2 Å². The van der Waals surface area contributed by atoms with Crippen molar-refractivity contribution in [3.8, 4) is 0 Å². The maximum Gasteiger partial charge on any atom is 0.261 e. The minimum absolute atomic E-state index is 0.0893. The molecule has 0 saturated heterocycles. The van der Waals surface area contributed by atoms with Gasteiger partial charge in [0.1, 0.15) is 11.6 Å². The molecule has 1 aliphatic rings. The van der Waals surface area contributed by atoms with Crippen LogP contribution in [0, 0.1) is 5.82 Å². The topological polar surface area (TPSA) is 84.3 Å². The van der Waals surface area contributed by atoms with E-state index < -0.39 is 11.7 Å². The van der Waals surface area contributed by atoms with Crippen LogP contribution in [-0.2, 0) is 17.8 Å². The van der Waals surface area contributed by atoms with Crippen molar-refractivity contribution in [2.24, 2.45) is 0 Å². The molecule has 0 fully saturated rings. The van der Waals surface area contributed by atoms with Gasteiger partial charge < -0.3 is 10.2 Å². The SMILES string of the molecule is CN(CC(=O)Nc1ccc(F)cc1)C(=O)c1ccc2c(=O)n3c(nc2c1)CCC3. The maximum atomic E-state index is 12.9. The smallest absolute Gasteiger partial charge is 0.261 e. The van der Waals surface area contributed by atoms with E-state index in [0.717, 1.165) is 18.7 Å². The zero-order valence-corrected chi connectivity index (χ0v) is 15.8. The summed E-state index contributed by atoms with van der Waals surface area (Å²) in [4.78, 5) is 43.2. The Morgan fingerprint density at radius 3 is 2.72 bits per heavy atom. The van der Waals surface area contributed by atoms with Crippen LogP contribution in [0.3, 0.4) is 0 Å². The number of nitrogens with zero attached hydrogens (tertiary/aromatic N) is 3. The zero-order valence-electron chi connectivity index (χ0n) is 15.8. The molecule has 2 aromatic carbocycles. The molecule has 148 valence electrons. The summed E-state index contributed by atoms with van der Waals surface area (Å²) in [5.74, 6) is -0.421. The summed E-state index contributed by atoms with van der Waals surface area (Å²) in [5, 5.41) is 3.09. The number of carbonyl (C=O) groups is 2. The monoisotopic (exact) mass is 394 g/mol. The molecular weight excluding hydrogens is 375 g/mol. The second-order valence-corrected chi connectivity index (χ2v) is 7.04. The molecule has 7 nitrogen and oxygen atoms in total. The Kier molecular flexibility index (Phi) is 4.84. The van der Waals surface area contributed by atoms with Crippen LogP contribution >= 0.6 is 0 Å². The molecule has 2 amide bonds. The van der Waals surface area contributed by atoms with Crippen LogP contribution in [0.5, 0.6) is 0 Å². The lowest BCUT2D eigenvalue weighted by Gasteiger charge is -2.17. The molecule has 0 atom stereocenters. The molecule has 1 N–H and O–H groups in total. The number of aryl methyl sites for hydroxylation is 1. The van der Waals surface area contributed by atoms with Gasteiger partial charge in [-0.2, -0.15) is 0 Å². The van der Waals surface area contributed by atoms with Crippen LogP contribution in [-0.4, -0.2) is 39.9 Å². The molecule has 0 spiro atoms. The molecule has 0 unspecified atom stereocenters. The first-order valence-electron chi connectivity index (χ1n) is 9.27. The van der Waals surface area contributed by atoms with Gasteiger partial charge in [0.15, 0.2) is 0 Å². The predicted molar refractivity (Wildman–Crippen MR) is 106 cm³/mol. The third-order valence-electron chi connectivity index (χ3n) is 4.92. The summed E-state index contributed by atoms with van der Waals surface area (Å²) < 4.78 is 14.6. The fraction of sp³-hybridized carbons (Fsp3) is 0.238. The maximum absolute atomic E-state index is 12.9. The van der Waals surface area contributed by atoms with E-state index in [9.17, 15) is 18.8 Å². The molecule has 0 saturated carbocycles. The summed E-state index contributed by atoms with van der Waals surface area (Å²) in [5.41, 5.74) is 1.19. The number of halogens is 1. The third-order valence-corrected chi connectivity index (χ3v) is 4.92. The molecule has 8 heteroatoms. The highest BCUT2D eigenvalue weighted by molar-refractivity contribution is 6.01. The van der Waals surface area contributed by atoms with E-state index in [1.807, 2.05) is 0 Å². The second kappa shape index (κ2) is 7.46. The number of anilines is 1. The molecular formula is C21H19FN4O3. The number of hydrogen-bond donors (Lipinski definition) is 1. The number of hydrogen-bond acceptors (Lipinski definition) is 4. The number of likely N-dealkylation sites (N-methyl/N-ethyl adjacent to an activating group) is 1. The number of nitrogens with one attached hydrogen (secondary N) is 1. The molecule has 0 radical (unpaired) electrons. The Balaban J connectivity index is 1.50. The van der Waals surface area contributed by atoms with E-state index in [4.69, 9.17) is 0 Å². The van der Waals surface area contributed by atoms with Crippen LogP contribution in [0.15, 0.2) is 47.3 Å². The van der Waals surface area contributed by atoms with Gasteiger partial charge in [-0.1, -0.05) is 0 Å². The average molecular weight is 394 g/mol. The molecule has 1 aliphatic heterocycles. The predicted octanol–water partition coefficient (Wildman–Crippen LogP) is 2.19. The van der Waals surface area contributed by atoms with Gasteiger partial charge in [0.05, 0.1) is 17.4 Å². The van der Waals surface area contributed by atoms with E-state index >= 15 is 0 Å². The first-order valence-corrected chi connectivity index (χ1v) is 9.27. The van der Waals surface area contributed by atoms with Crippen molar-refractivity contribution in [2.75, 3.05) is 18.9 Å². The van der Waals surface area contributed by atoms with Crippen LogP contribution in [0.1, 0.15) is 22.6 Å². The van der Waals surface area contributed by atoms with Crippen molar-refractivity contribution >= 4 is 28.4 Å². The lowest BCUT2D eigenvalue weighted by molar-refractivity contribution is -0.116. The van der Waals surface area contributed by atoms with Crippen molar-refractivity contribution < 1.29 is 14.0 Å². The number of rotatable bonds is 4. The number of fused-ring (bicyclic) bond motifs is 2. The molecule has 2 heterocycles. The van der Waals surface area contributed by atoms with Gasteiger partial charge in [0.2, 0.25) is 5.91 Å². The Morgan fingerprint density at radius 2 is 1.97 bits per heavy atom. The van der Waals surface area contributed by atoms with Crippen molar-refractivity contribution in [3.63, 3.8) is 0 Å². The largest absolute Gasteiger partial charge is 0.332 e. The third kappa shape index (κ3) is 3.73. The Hall–Kier alpha value is -3.55. The minimum Gasteiger partial charge on any atom is -0.332 e. The van der Waals surface area contributed by atoms with E-state index in [2.05, 4.69) is 10.3 Å². The van der Waals surface area contributed by atoms with Crippen molar-refractivity contribution in [2.45, 2.75) is 19.4 Å². The molecule has 0 bridgehead atoms. The summed E-state index contributed by atoms with van der Waals surface area (Å²) in [7, 11) is 1.52. The van der Waals surface area contributed by atoms with Gasteiger partial charge >= 0.3 is 0 Å². The Bertz CT molecular complexity index is 1170. The van der Waals surface area contributed by atoms with E-state index in [1.54, 1.807) is 22.8 Å². The summed E-state index contributed by atoms with van der Waals surface area (Å²) in [6, 6.07) is 10.1. The Morgan fingerprint density at radius 1 is 1.21 bits per heavy atom. The number of carbonyl (C=O) groups excluding carboxylic acids is 2. The number of aromatic nitrogens is 2. The van der Waals surface area contributed by atoms with Gasteiger partial charge in [-0.3, -0.25) is 19.0 Å². The highest BCUT2D eigenvalue weighted by Crippen LogP contribution is 2.17. The van der Waals surface area contributed by atoms with E-state index in [0.29, 0.717) is 28.7 Å². The lowest BCUT2D eigenvalue weighted by atomic mass is 10.1. The lowest BCUT2D eigenvalue weighted by Crippen LogP contribution is -2.35. The summed E-state index contributed by atoms with van der Waals surface area (Å²) in [6.45, 7) is 0.498. The minimum atomic E-state index is -0.401. The highest BCUT2D eigenvalue weighted by Gasteiger charge is 2.19.